The minimum Gasteiger partial charge on any atom is -0.390 e. The molecule has 26 heteroatoms. The standard InChI is InChI=1S/C70H126N12O13S/c1-26-28-31-46(13)58(83)57-62(87)73-49(27-2)64(89)79(22)54(40-96-35-34-82-32-29-30-33-82)67(92)78(21)53(39-70(16,17)95-25)61(86)74-55(44(9)10)68(93)75(18)50(36-41(3)4)60(85)71-47(14)59(84)72-48(15)63(88)76(19)51(37-42(5)6)65(90)77(20)52(38-43(7)8)66(91)80(23)56(45(11)12)69(94)81(57)24/h26,28,41-58,83H,27,29-40H2,1-25H3,(H,71,85)(H,72,84)(H,73,87)(H,74,86)/t46-,47+,48-,49+,50+,51+,52+,53+,54-,55+,56+,57+,58-/m1/s1. The number of carbonyl (C=O) groups excluding carboxylic acids is 11. The van der Waals surface area contributed by atoms with Crippen LogP contribution in [0.3, 0.4) is 0 Å². The maximum atomic E-state index is 15.5. The Morgan fingerprint density at radius 2 is 0.979 bits per heavy atom. The number of allylic oxidation sites excluding steroid dienone is 2. The van der Waals surface area contributed by atoms with Crippen molar-refractivity contribution in [3.05, 3.63) is 12.2 Å². The van der Waals surface area contributed by atoms with E-state index in [1.54, 1.807) is 61.5 Å². The molecule has 2 aliphatic heterocycles. The first kappa shape index (κ1) is 86.2. The summed E-state index contributed by atoms with van der Waals surface area (Å²) in [6.07, 6.45) is 4.86. The van der Waals surface area contributed by atoms with E-state index in [0.717, 1.165) is 37.4 Å². The summed E-state index contributed by atoms with van der Waals surface area (Å²) in [5.74, 6) is -9.15. The summed E-state index contributed by atoms with van der Waals surface area (Å²) in [6, 6.07) is -14.0. The van der Waals surface area contributed by atoms with Crippen molar-refractivity contribution in [2.75, 3.05) is 87.6 Å². The summed E-state index contributed by atoms with van der Waals surface area (Å²) < 4.78 is 5.86. The number of likely N-dealkylation sites (N-methyl/N-ethyl adjacent to an activating group) is 7. The molecule has 13 atom stereocenters. The highest BCUT2D eigenvalue weighted by Gasteiger charge is 2.47. The van der Waals surface area contributed by atoms with Crippen LogP contribution >= 0.6 is 11.8 Å². The molecule has 5 N–H and O–H groups in total. The maximum absolute atomic E-state index is 15.5. The number of ether oxygens (including phenoxy) is 1. The van der Waals surface area contributed by atoms with Crippen LogP contribution in [-0.4, -0.2) is 275 Å². The molecule has 0 radical (unpaired) electrons. The number of likely N-dealkylation sites (tertiary alicyclic amines) is 1. The molecule has 0 spiro atoms. The largest absolute Gasteiger partial charge is 0.390 e. The first-order valence-electron chi connectivity index (χ1n) is 34.8. The van der Waals surface area contributed by atoms with E-state index in [1.807, 2.05) is 54.5 Å². The quantitative estimate of drug-likeness (QED) is 0.0794. The van der Waals surface area contributed by atoms with Crippen LogP contribution in [0, 0.1) is 35.5 Å². The Kier molecular flexibility index (Phi) is 35.6. The molecule has 96 heavy (non-hydrogen) atoms. The minimum absolute atomic E-state index is 0.00143. The number of thioether (sulfide) groups is 1. The van der Waals surface area contributed by atoms with Crippen molar-refractivity contribution < 1.29 is 62.6 Å². The molecular formula is C70H126N12O13S. The number of methoxy groups -OCH3 is 1. The molecule has 2 fully saturated rings. The van der Waals surface area contributed by atoms with Gasteiger partial charge in [-0.25, -0.2) is 0 Å². The average molecular weight is 1380 g/mol. The number of nitrogens with one attached hydrogen (secondary N) is 4. The molecule has 2 saturated heterocycles. The number of amides is 11. The van der Waals surface area contributed by atoms with E-state index >= 15 is 33.6 Å². The van der Waals surface area contributed by atoms with Gasteiger partial charge in [-0.2, -0.15) is 11.8 Å². The Balaban J connectivity index is 3.13. The molecule has 550 valence electrons. The first-order chi connectivity index (χ1) is 44.5. The van der Waals surface area contributed by atoms with Crippen LogP contribution in [0.2, 0.25) is 0 Å². The maximum Gasteiger partial charge on any atom is 0.246 e. The number of aliphatic hydroxyl groups excluding tert-OH is 1. The van der Waals surface area contributed by atoms with Crippen LogP contribution in [0.4, 0.5) is 0 Å². The molecule has 2 rings (SSSR count). The molecule has 0 unspecified atom stereocenters. The topological polar surface area (TPSA) is 291 Å². The molecule has 11 amide bonds. The monoisotopic (exact) mass is 1370 g/mol. The van der Waals surface area contributed by atoms with Crippen LogP contribution in [-0.2, 0) is 57.5 Å². The van der Waals surface area contributed by atoms with Gasteiger partial charge in [0.15, 0.2) is 0 Å². The predicted molar refractivity (Wildman–Crippen MR) is 377 cm³/mol. The van der Waals surface area contributed by atoms with E-state index in [9.17, 15) is 24.3 Å². The Morgan fingerprint density at radius 1 is 0.531 bits per heavy atom. The van der Waals surface area contributed by atoms with Crippen molar-refractivity contribution >= 4 is 76.7 Å². The van der Waals surface area contributed by atoms with Gasteiger partial charge in [-0.05, 0) is 128 Å². The molecule has 25 nitrogen and oxygen atoms in total. The van der Waals surface area contributed by atoms with Gasteiger partial charge < -0.3 is 70.3 Å². The highest BCUT2D eigenvalue weighted by Crippen LogP contribution is 2.27. The Labute approximate surface area is 579 Å². The Hall–Kier alpha value is -5.86. The number of carbonyl (C=O) groups is 11. The van der Waals surface area contributed by atoms with Crippen LogP contribution in [0.5, 0.6) is 0 Å². The molecule has 2 aliphatic rings. The summed E-state index contributed by atoms with van der Waals surface area (Å²) in [7, 11) is 11.5. The van der Waals surface area contributed by atoms with Gasteiger partial charge in [0, 0.05) is 80.9 Å². The minimum atomic E-state index is -1.64. The summed E-state index contributed by atoms with van der Waals surface area (Å²) in [4.78, 5) is 176. The van der Waals surface area contributed by atoms with Crippen molar-refractivity contribution in [2.24, 2.45) is 35.5 Å². The van der Waals surface area contributed by atoms with Crippen molar-refractivity contribution in [1.82, 2.24) is 60.5 Å². The molecule has 0 aromatic carbocycles. The molecular weight excluding hydrogens is 1250 g/mol. The second kappa shape index (κ2) is 39.7. The third kappa shape index (κ3) is 24.2. The molecule has 0 aromatic rings. The lowest BCUT2D eigenvalue weighted by Gasteiger charge is -2.41. The van der Waals surface area contributed by atoms with Crippen LogP contribution < -0.4 is 21.3 Å². The van der Waals surface area contributed by atoms with E-state index < -0.39 is 161 Å². The van der Waals surface area contributed by atoms with E-state index in [-0.39, 0.29) is 55.6 Å². The molecule has 0 aliphatic carbocycles. The highest BCUT2D eigenvalue weighted by atomic mass is 32.2. The van der Waals surface area contributed by atoms with Crippen molar-refractivity contribution in [3.8, 4) is 0 Å². The van der Waals surface area contributed by atoms with Gasteiger partial charge in [-0.1, -0.05) is 95.2 Å². The molecule has 0 aromatic heterocycles. The van der Waals surface area contributed by atoms with Crippen LogP contribution in [0.1, 0.15) is 169 Å². The zero-order valence-electron chi connectivity index (χ0n) is 63.1. The van der Waals surface area contributed by atoms with Crippen molar-refractivity contribution in [2.45, 2.75) is 247 Å². The fourth-order valence-electron chi connectivity index (χ4n) is 12.4. The van der Waals surface area contributed by atoms with E-state index in [0.29, 0.717) is 12.2 Å². The number of aliphatic hydroxyl groups is 1. The van der Waals surface area contributed by atoms with Crippen LogP contribution in [0.25, 0.3) is 0 Å². The predicted octanol–water partition coefficient (Wildman–Crippen LogP) is 4.24. The second-order valence-electron chi connectivity index (χ2n) is 29.5. The average Bonchev–Trinajstić information content (AvgIpc) is 0.929. The normalized spacial score (nSPS) is 27.1. The summed E-state index contributed by atoms with van der Waals surface area (Å²) in [5, 5.41) is 23.6. The van der Waals surface area contributed by atoms with Gasteiger partial charge in [0.2, 0.25) is 65.0 Å². The second-order valence-corrected chi connectivity index (χ2v) is 30.6. The molecule has 0 bridgehead atoms. The smallest absolute Gasteiger partial charge is 0.246 e. The van der Waals surface area contributed by atoms with Crippen LogP contribution in [0.15, 0.2) is 12.2 Å². The Bertz CT molecular complexity index is 2630. The number of hydrogen-bond acceptors (Lipinski definition) is 15. The lowest BCUT2D eigenvalue weighted by atomic mass is 9.91. The van der Waals surface area contributed by atoms with Gasteiger partial charge >= 0.3 is 0 Å². The van der Waals surface area contributed by atoms with Gasteiger partial charge in [0.05, 0.1) is 11.7 Å². The van der Waals surface area contributed by atoms with Gasteiger partial charge in [0.25, 0.3) is 0 Å². The molecule has 0 saturated carbocycles. The SMILES string of the molecule is CC=CC[C@@H](C)[C@@H](O)[C@H]1C(=O)N[C@@H](CC)C(=O)N(C)[C@H](CSCCN2CCCC2)C(=O)N(C)[C@@H](CC(C)(C)OC)C(=O)N[C@@H](C(C)C)C(=O)N(C)[C@@H](CC(C)C)C(=O)N[C@@H](C)C(=O)N[C@H](C)C(=O)N(C)[C@@H](CC(C)C)C(=O)N(C)[C@@H](CC(C)C)C(=O)N(C)[C@@H](C(C)C)C(=O)N1C. The number of rotatable bonds is 21. The summed E-state index contributed by atoms with van der Waals surface area (Å²) >= 11 is 1.45. The van der Waals surface area contributed by atoms with Gasteiger partial charge in [0.1, 0.15) is 66.5 Å². The zero-order chi connectivity index (χ0) is 73.7. The fraction of sp³-hybridized carbons (Fsp3) is 0.814. The fourth-order valence-corrected chi connectivity index (χ4v) is 13.6. The lowest BCUT2D eigenvalue weighted by Crippen LogP contribution is -2.64. The summed E-state index contributed by atoms with van der Waals surface area (Å²) in [5.41, 5.74) is -1.04. The highest BCUT2D eigenvalue weighted by molar-refractivity contribution is 7.99. The van der Waals surface area contributed by atoms with E-state index in [4.69, 9.17) is 4.74 Å². The molecule has 2 heterocycles. The van der Waals surface area contributed by atoms with E-state index in [2.05, 4.69) is 26.2 Å². The van der Waals surface area contributed by atoms with E-state index in [1.165, 1.54) is 111 Å². The Morgan fingerprint density at radius 3 is 1.47 bits per heavy atom. The number of nitrogens with zero attached hydrogens (tertiary/aromatic N) is 8. The lowest BCUT2D eigenvalue weighted by molar-refractivity contribution is -0.157. The first-order valence-corrected chi connectivity index (χ1v) is 35.9. The van der Waals surface area contributed by atoms with Crippen molar-refractivity contribution in [3.63, 3.8) is 0 Å². The van der Waals surface area contributed by atoms with Gasteiger partial charge in [-0.3, -0.25) is 52.7 Å². The number of hydrogen-bond donors (Lipinski definition) is 5. The summed E-state index contributed by atoms with van der Waals surface area (Å²) in [6.45, 7) is 32.4. The zero-order valence-corrected chi connectivity index (χ0v) is 63.9. The third-order valence-electron chi connectivity index (χ3n) is 19.0. The van der Waals surface area contributed by atoms with Gasteiger partial charge in [-0.15, -0.1) is 0 Å². The third-order valence-corrected chi connectivity index (χ3v) is 20.0. The van der Waals surface area contributed by atoms with Crippen molar-refractivity contribution in [1.29, 1.82) is 0 Å².